The lowest BCUT2D eigenvalue weighted by Crippen LogP contribution is -2.67. The van der Waals surface area contributed by atoms with Crippen molar-refractivity contribution in [3.05, 3.63) is 0 Å². The molecule has 0 aromatic heterocycles. The molecule has 1 aliphatic rings. The third-order valence-electron chi connectivity index (χ3n) is 2.95. The monoisotopic (exact) mass is 279 g/mol. The van der Waals surface area contributed by atoms with Gasteiger partial charge in [-0.1, -0.05) is 0 Å². The topological polar surface area (TPSA) is 72.9 Å². The minimum atomic E-state index is -3.50. The fourth-order valence-corrected chi connectivity index (χ4v) is 3.33. The van der Waals surface area contributed by atoms with Gasteiger partial charge in [0, 0.05) is 26.2 Å². The number of rotatable bonds is 7. The van der Waals surface area contributed by atoms with Crippen LogP contribution < -0.4 is 0 Å². The molecule has 0 bridgehead atoms. The Morgan fingerprint density at radius 2 is 1.72 bits per heavy atom. The fourth-order valence-electron chi connectivity index (χ4n) is 1.79. The Morgan fingerprint density at radius 1 is 1.22 bits per heavy atom. The van der Waals surface area contributed by atoms with Gasteiger partial charge in [0.2, 0.25) is 0 Å². The number of hydrogen-bond acceptors (Lipinski definition) is 5. The van der Waals surface area contributed by atoms with Crippen molar-refractivity contribution >= 4 is 15.9 Å². The van der Waals surface area contributed by atoms with Gasteiger partial charge in [0.1, 0.15) is 0 Å². The number of nitrogens with zero attached hydrogens (tertiary/aromatic N) is 1. The van der Waals surface area contributed by atoms with Gasteiger partial charge in [0.15, 0.2) is 11.0 Å². The lowest BCUT2D eigenvalue weighted by atomic mass is 10.2. The van der Waals surface area contributed by atoms with Gasteiger partial charge in [0.25, 0.3) is 15.9 Å². The maximum absolute atomic E-state index is 11.8. The second-order valence-electron chi connectivity index (χ2n) is 4.52. The predicted octanol–water partition coefficient (Wildman–Crippen LogP) is 0.726. The van der Waals surface area contributed by atoms with Gasteiger partial charge < -0.3 is 9.47 Å². The molecule has 1 aliphatic heterocycles. The number of carbonyl (C=O) groups excluding carboxylic acids is 1. The molecule has 1 amide bonds. The van der Waals surface area contributed by atoms with Gasteiger partial charge in [0.05, 0.1) is 0 Å². The van der Waals surface area contributed by atoms with E-state index in [4.69, 9.17) is 9.47 Å². The van der Waals surface area contributed by atoms with E-state index < -0.39 is 21.1 Å². The first-order chi connectivity index (χ1) is 8.29. The first-order valence-corrected chi connectivity index (χ1v) is 7.53. The average molecular weight is 279 g/mol. The maximum atomic E-state index is 11.8. The van der Waals surface area contributed by atoms with Gasteiger partial charge in [-0.25, -0.2) is 12.7 Å². The predicted molar refractivity (Wildman–Crippen MR) is 66.4 cm³/mol. The van der Waals surface area contributed by atoms with Crippen molar-refractivity contribution in [1.82, 2.24) is 4.31 Å². The molecule has 0 saturated carbocycles. The number of carbonyl (C=O) groups is 1. The van der Waals surface area contributed by atoms with E-state index in [1.54, 1.807) is 0 Å². The summed E-state index contributed by atoms with van der Waals surface area (Å²) in [5.41, 5.74) is 0. The minimum absolute atomic E-state index is 0.106. The third kappa shape index (κ3) is 2.53. The first-order valence-electron chi connectivity index (χ1n) is 6.09. The second-order valence-corrected chi connectivity index (χ2v) is 6.93. The molecule has 0 aliphatic carbocycles. The lowest BCUT2D eigenvalue weighted by Gasteiger charge is -2.43. The van der Waals surface area contributed by atoms with E-state index in [0.717, 1.165) is 4.31 Å². The second kappa shape index (κ2) is 5.54. The summed E-state index contributed by atoms with van der Waals surface area (Å²) in [6, 6.07) is 0. The van der Waals surface area contributed by atoms with E-state index in [2.05, 4.69) is 0 Å². The van der Waals surface area contributed by atoms with Crippen LogP contribution in [0.3, 0.4) is 0 Å². The zero-order valence-electron chi connectivity index (χ0n) is 11.3. The molecule has 18 heavy (non-hydrogen) atoms. The molecule has 1 rings (SSSR count). The SMILES string of the molecule is CCOC(CCN1C(=O)C(C)(C)S1(=O)=O)OCC. The van der Waals surface area contributed by atoms with Crippen LogP contribution in [-0.2, 0) is 24.3 Å². The summed E-state index contributed by atoms with van der Waals surface area (Å²) in [5.74, 6) is -0.366. The van der Waals surface area contributed by atoms with Crippen LogP contribution in [0.2, 0.25) is 0 Å². The fraction of sp³-hybridized carbons (Fsp3) is 0.909. The van der Waals surface area contributed by atoms with Crippen LogP contribution in [0.4, 0.5) is 0 Å². The van der Waals surface area contributed by atoms with E-state index >= 15 is 0 Å². The van der Waals surface area contributed by atoms with Crippen LogP contribution in [-0.4, -0.2) is 49.4 Å². The maximum Gasteiger partial charge on any atom is 0.258 e. The molecule has 106 valence electrons. The first kappa shape index (κ1) is 15.4. The normalized spacial score (nSPS) is 21.2. The highest BCUT2D eigenvalue weighted by molar-refractivity contribution is 7.94. The van der Waals surface area contributed by atoms with Crippen LogP contribution >= 0.6 is 0 Å². The summed E-state index contributed by atoms with van der Waals surface area (Å²) in [5, 5.41) is 0. The van der Waals surface area contributed by atoms with E-state index in [9.17, 15) is 13.2 Å². The van der Waals surface area contributed by atoms with E-state index in [1.165, 1.54) is 13.8 Å². The summed E-state index contributed by atoms with van der Waals surface area (Å²) < 4.78 is 33.9. The van der Waals surface area contributed by atoms with E-state index in [1.807, 2.05) is 13.8 Å². The van der Waals surface area contributed by atoms with Gasteiger partial charge in [-0.3, -0.25) is 4.79 Å². The summed E-state index contributed by atoms with van der Waals surface area (Å²) >= 11 is 0. The molecule has 0 radical (unpaired) electrons. The summed E-state index contributed by atoms with van der Waals surface area (Å²) in [4.78, 5) is 11.7. The lowest BCUT2D eigenvalue weighted by molar-refractivity contribution is -0.145. The molecule has 0 spiro atoms. The van der Waals surface area contributed by atoms with Crippen LogP contribution in [0.5, 0.6) is 0 Å². The molecule has 1 saturated heterocycles. The number of hydrogen-bond donors (Lipinski definition) is 0. The van der Waals surface area contributed by atoms with Crippen LogP contribution in [0.15, 0.2) is 0 Å². The minimum Gasteiger partial charge on any atom is -0.353 e. The molecule has 1 heterocycles. The smallest absolute Gasteiger partial charge is 0.258 e. The Balaban J connectivity index is 2.57. The molecular formula is C11H21NO5S. The Bertz CT molecular complexity index is 398. The van der Waals surface area contributed by atoms with Crippen molar-refractivity contribution in [3.63, 3.8) is 0 Å². The van der Waals surface area contributed by atoms with Crippen molar-refractivity contribution in [2.24, 2.45) is 0 Å². The zero-order chi connectivity index (χ0) is 14.0. The Labute approximate surface area is 108 Å². The van der Waals surface area contributed by atoms with E-state index in [0.29, 0.717) is 19.6 Å². The molecule has 0 N–H and O–H groups in total. The molecule has 0 unspecified atom stereocenters. The highest BCUT2D eigenvalue weighted by atomic mass is 32.2. The average Bonchev–Trinajstić information content (AvgIpc) is 2.28. The Hall–Kier alpha value is -0.660. The number of ether oxygens (including phenoxy) is 2. The number of sulfonamides is 1. The standard InChI is InChI=1S/C11H21NO5S/c1-5-16-9(17-6-2)7-8-12-10(13)11(3,4)18(12,14)15/h9H,5-8H2,1-4H3. The van der Waals surface area contributed by atoms with Crippen molar-refractivity contribution in [2.75, 3.05) is 19.8 Å². The largest absolute Gasteiger partial charge is 0.353 e. The summed E-state index contributed by atoms with van der Waals surface area (Å²) in [7, 11) is -3.50. The highest BCUT2D eigenvalue weighted by Crippen LogP contribution is 2.34. The molecule has 0 aromatic rings. The van der Waals surface area contributed by atoms with Gasteiger partial charge in [-0.15, -0.1) is 0 Å². The Kier molecular flexibility index (Phi) is 4.74. The van der Waals surface area contributed by atoms with Crippen LogP contribution in [0, 0.1) is 0 Å². The van der Waals surface area contributed by atoms with Gasteiger partial charge >= 0.3 is 0 Å². The molecule has 0 aromatic carbocycles. The van der Waals surface area contributed by atoms with Gasteiger partial charge in [-0.05, 0) is 27.7 Å². The number of amides is 1. The molecular weight excluding hydrogens is 258 g/mol. The summed E-state index contributed by atoms with van der Waals surface area (Å²) in [6.45, 7) is 7.58. The van der Waals surface area contributed by atoms with Crippen molar-refractivity contribution in [2.45, 2.75) is 45.2 Å². The van der Waals surface area contributed by atoms with Crippen molar-refractivity contribution in [1.29, 1.82) is 0 Å². The van der Waals surface area contributed by atoms with Crippen molar-refractivity contribution < 1.29 is 22.7 Å². The molecule has 6 nitrogen and oxygen atoms in total. The Morgan fingerprint density at radius 3 is 2.11 bits per heavy atom. The highest BCUT2D eigenvalue weighted by Gasteiger charge is 2.59. The van der Waals surface area contributed by atoms with Crippen molar-refractivity contribution in [3.8, 4) is 0 Å². The third-order valence-corrected chi connectivity index (χ3v) is 5.34. The van der Waals surface area contributed by atoms with E-state index in [-0.39, 0.29) is 12.5 Å². The molecule has 1 fully saturated rings. The quantitative estimate of drug-likeness (QED) is 0.642. The molecule has 7 heteroatoms. The zero-order valence-corrected chi connectivity index (χ0v) is 12.1. The summed E-state index contributed by atoms with van der Waals surface area (Å²) in [6.07, 6.45) is -0.116. The van der Waals surface area contributed by atoms with Gasteiger partial charge in [-0.2, -0.15) is 0 Å². The van der Waals surface area contributed by atoms with Crippen LogP contribution in [0.1, 0.15) is 34.1 Å². The van der Waals surface area contributed by atoms with Crippen LogP contribution in [0.25, 0.3) is 0 Å². The molecule has 0 atom stereocenters.